The molecule has 0 bridgehead atoms. The molecule has 0 saturated heterocycles. The van der Waals surface area contributed by atoms with Crippen molar-refractivity contribution in [2.24, 2.45) is 5.41 Å². The van der Waals surface area contributed by atoms with Crippen LogP contribution in [0.4, 0.5) is 0 Å². The number of Topliss-reactive ketones (excluding diaryl/α,β-unsaturated/α-hetero) is 1. The summed E-state index contributed by atoms with van der Waals surface area (Å²) in [7, 11) is 0. The lowest BCUT2D eigenvalue weighted by Crippen LogP contribution is -2.44. The Hall–Kier alpha value is -2.17. The van der Waals surface area contributed by atoms with Crippen molar-refractivity contribution in [1.29, 1.82) is 0 Å². The van der Waals surface area contributed by atoms with Gasteiger partial charge >= 0.3 is 11.9 Å². The molecule has 0 aromatic heterocycles. The monoisotopic (exact) mass is 332 g/mol. The fourth-order valence-electron chi connectivity index (χ4n) is 3.25. The van der Waals surface area contributed by atoms with Crippen LogP contribution in [0.25, 0.3) is 0 Å². The van der Waals surface area contributed by atoms with Gasteiger partial charge in [0.25, 0.3) is 0 Å². The third-order valence-corrected chi connectivity index (χ3v) is 4.47. The predicted octanol–water partition coefficient (Wildman–Crippen LogP) is 3.10. The molecule has 1 unspecified atom stereocenters. The highest BCUT2D eigenvalue weighted by atomic mass is 16.5. The van der Waals surface area contributed by atoms with Gasteiger partial charge in [-0.15, -0.1) is 0 Å². The largest absolute Gasteiger partial charge is 0.466 e. The van der Waals surface area contributed by atoms with Gasteiger partial charge in [-0.3, -0.25) is 14.4 Å². The SMILES string of the molecule is CCOC(=O)CCCC1(C(=O)OCC)CCc2ccccc2C1=O. The molecule has 0 amide bonds. The highest BCUT2D eigenvalue weighted by Gasteiger charge is 2.49. The molecule has 0 fully saturated rings. The molecule has 0 heterocycles. The van der Waals surface area contributed by atoms with E-state index in [2.05, 4.69) is 0 Å². The topological polar surface area (TPSA) is 69.7 Å². The third kappa shape index (κ3) is 3.66. The van der Waals surface area contributed by atoms with Gasteiger partial charge < -0.3 is 9.47 Å². The van der Waals surface area contributed by atoms with Crippen molar-refractivity contribution in [3.8, 4) is 0 Å². The van der Waals surface area contributed by atoms with E-state index in [-0.39, 0.29) is 24.8 Å². The van der Waals surface area contributed by atoms with Crippen LogP contribution >= 0.6 is 0 Å². The van der Waals surface area contributed by atoms with Crippen molar-refractivity contribution in [2.45, 2.75) is 46.0 Å². The van der Waals surface area contributed by atoms with Crippen LogP contribution in [0.15, 0.2) is 24.3 Å². The summed E-state index contributed by atoms with van der Waals surface area (Å²) in [4.78, 5) is 37.2. The highest BCUT2D eigenvalue weighted by molar-refractivity contribution is 6.14. The van der Waals surface area contributed by atoms with Crippen molar-refractivity contribution >= 4 is 17.7 Å². The molecule has 0 N–H and O–H groups in total. The van der Waals surface area contributed by atoms with E-state index in [9.17, 15) is 14.4 Å². The van der Waals surface area contributed by atoms with E-state index in [1.165, 1.54) is 0 Å². The Morgan fingerprint density at radius 1 is 1.12 bits per heavy atom. The minimum Gasteiger partial charge on any atom is -0.466 e. The molecule has 0 radical (unpaired) electrons. The van der Waals surface area contributed by atoms with Crippen molar-refractivity contribution in [3.63, 3.8) is 0 Å². The van der Waals surface area contributed by atoms with Crippen molar-refractivity contribution in [3.05, 3.63) is 35.4 Å². The molecule has 24 heavy (non-hydrogen) atoms. The smallest absolute Gasteiger partial charge is 0.320 e. The first kappa shape index (κ1) is 18.2. The van der Waals surface area contributed by atoms with Gasteiger partial charge in [-0.1, -0.05) is 24.3 Å². The normalized spacial score (nSPS) is 19.5. The van der Waals surface area contributed by atoms with E-state index in [0.29, 0.717) is 37.9 Å². The number of aryl methyl sites for hydroxylation is 1. The zero-order valence-electron chi connectivity index (χ0n) is 14.3. The highest BCUT2D eigenvalue weighted by Crippen LogP contribution is 2.40. The Bertz CT molecular complexity index is 622. The fraction of sp³-hybridized carbons (Fsp3) is 0.526. The van der Waals surface area contributed by atoms with Gasteiger partial charge in [-0.25, -0.2) is 0 Å². The molecule has 2 rings (SSSR count). The third-order valence-electron chi connectivity index (χ3n) is 4.47. The molecule has 1 aromatic rings. The summed E-state index contributed by atoms with van der Waals surface area (Å²) in [6.45, 7) is 4.03. The lowest BCUT2D eigenvalue weighted by molar-refractivity contribution is -0.154. The van der Waals surface area contributed by atoms with Crippen molar-refractivity contribution in [1.82, 2.24) is 0 Å². The molecular formula is C19H24O5. The van der Waals surface area contributed by atoms with Gasteiger partial charge in [0.15, 0.2) is 5.78 Å². The molecule has 0 spiro atoms. The fourth-order valence-corrected chi connectivity index (χ4v) is 3.25. The number of benzene rings is 1. The summed E-state index contributed by atoms with van der Waals surface area (Å²) in [5.74, 6) is -0.972. The van der Waals surface area contributed by atoms with Gasteiger partial charge in [0.05, 0.1) is 13.2 Å². The van der Waals surface area contributed by atoms with E-state index >= 15 is 0 Å². The second kappa shape index (κ2) is 8.08. The van der Waals surface area contributed by atoms with Crippen LogP contribution in [0.1, 0.15) is 55.5 Å². The zero-order valence-corrected chi connectivity index (χ0v) is 14.3. The Morgan fingerprint density at radius 2 is 1.83 bits per heavy atom. The molecule has 1 aliphatic carbocycles. The van der Waals surface area contributed by atoms with Crippen LogP contribution < -0.4 is 0 Å². The summed E-state index contributed by atoms with van der Waals surface area (Å²) in [6, 6.07) is 7.37. The van der Waals surface area contributed by atoms with Crippen LogP contribution in [0.5, 0.6) is 0 Å². The lowest BCUT2D eigenvalue weighted by atomic mass is 9.67. The Labute approximate surface area is 142 Å². The first-order valence-electron chi connectivity index (χ1n) is 8.50. The Kier molecular flexibility index (Phi) is 6.12. The Balaban J connectivity index is 2.21. The van der Waals surface area contributed by atoms with Gasteiger partial charge in [-0.2, -0.15) is 0 Å². The summed E-state index contributed by atoms with van der Waals surface area (Å²) in [5.41, 5.74) is 0.373. The summed E-state index contributed by atoms with van der Waals surface area (Å²) >= 11 is 0. The van der Waals surface area contributed by atoms with Crippen molar-refractivity contribution in [2.75, 3.05) is 13.2 Å². The molecule has 1 aliphatic rings. The summed E-state index contributed by atoms with van der Waals surface area (Å²) < 4.78 is 10.1. The summed E-state index contributed by atoms with van der Waals surface area (Å²) in [6.07, 6.45) is 2.00. The number of carbonyl (C=O) groups is 3. The number of hydrogen-bond acceptors (Lipinski definition) is 5. The molecule has 0 aliphatic heterocycles. The first-order chi connectivity index (χ1) is 11.5. The number of rotatable bonds is 7. The number of esters is 2. The van der Waals surface area contributed by atoms with E-state index in [1.807, 2.05) is 12.1 Å². The van der Waals surface area contributed by atoms with E-state index in [1.54, 1.807) is 26.0 Å². The van der Waals surface area contributed by atoms with Crippen molar-refractivity contribution < 1.29 is 23.9 Å². The molecule has 130 valence electrons. The molecule has 5 nitrogen and oxygen atoms in total. The van der Waals surface area contributed by atoms with Crippen LogP contribution in [0, 0.1) is 5.41 Å². The standard InChI is InChI=1S/C19H24O5/c1-3-23-16(20)10-7-12-19(18(22)24-4-2)13-11-14-8-5-6-9-15(14)17(19)21/h5-6,8-9H,3-4,7,10-13H2,1-2H3. The van der Waals surface area contributed by atoms with Crippen LogP contribution in [0.2, 0.25) is 0 Å². The van der Waals surface area contributed by atoms with Crippen LogP contribution in [-0.2, 0) is 25.5 Å². The summed E-state index contributed by atoms with van der Waals surface area (Å²) in [5, 5.41) is 0. The second-order valence-corrected chi connectivity index (χ2v) is 5.95. The zero-order chi connectivity index (χ0) is 17.6. The lowest BCUT2D eigenvalue weighted by Gasteiger charge is -2.34. The molecular weight excluding hydrogens is 308 g/mol. The maximum absolute atomic E-state index is 13.0. The minimum atomic E-state index is -1.18. The number of carbonyl (C=O) groups excluding carboxylic acids is 3. The maximum Gasteiger partial charge on any atom is 0.320 e. The van der Waals surface area contributed by atoms with Gasteiger partial charge in [0.2, 0.25) is 0 Å². The predicted molar refractivity (Wildman–Crippen MR) is 88.6 cm³/mol. The molecule has 0 saturated carbocycles. The van der Waals surface area contributed by atoms with E-state index in [4.69, 9.17) is 9.47 Å². The average molecular weight is 332 g/mol. The molecule has 5 heteroatoms. The number of hydrogen-bond donors (Lipinski definition) is 0. The maximum atomic E-state index is 13.0. The van der Waals surface area contributed by atoms with Crippen LogP contribution in [-0.4, -0.2) is 30.9 Å². The van der Waals surface area contributed by atoms with E-state index in [0.717, 1.165) is 5.56 Å². The van der Waals surface area contributed by atoms with Gasteiger partial charge in [0, 0.05) is 12.0 Å². The molecule has 1 aromatic carbocycles. The average Bonchev–Trinajstić information content (AvgIpc) is 2.58. The van der Waals surface area contributed by atoms with Gasteiger partial charge in [0.1, 0.15) is 5.41 Å². The number of ether oxygens (including phenoxy) is 2. The quantitative estimate of drug-likeness (QED) is 0.567. The minimum absolute atomic E-state index is 0.188. The molecule has 1 atom stereocenters. The number of ketones is 1. The van der Waals surface area contributed by atoms with E-state index < -0.39 is 11.4 Å². The second-order valence-electron chi connectivity index (χ2n) is 5.95. The number of fused-ring (bicyclic) bond motifs is 1. The van der Waals surface area contributed by atoms with Crippen LogP contribution in [0.3, 0.4) is 0 Å². The van der Waals surface area contributed by atoms with Gasteiger partial charge in [-0.05, 0) is 45.1 Å². The Morgan fingerprint density at radius 3 is 2.54 bits per heavy atom. The first-order valence-corrected chi connectivity index (χ1v) is 8.50.